The summed E-state index contributed by atoms with van der Waals surface area (Å²) in [6, 6.07) is 60.8. The average Bonchev–Trinajstić information content (AvgIpc) is 3.86. The van der Waals surface area contributed by atoms with Gasteiger partial charge in [-0.15, -0.1) is 0 Å². The largest absolute Gasteiger partial charge is 0.456 e. The van der Waals surface area contributed by atoms with Crippen LogP contribution in [0.3, 0.4) is 0 Å². The number of aromatic nitrogens is 3. The number of rotatable bonds is 5. The van der Waals surface area contributed by atoms with Crippen LogP contribution in [0, 0.1) is 0 Å². The molecule has 0 saturated carbocycles. The van der Waals surface area contributed by atoms with Crippen molar-refractivity contribution in [3.8, 4) is 56.4 Å². The minimum Gasteiger partial charge on any atom is -0.456 e. The van der Waals surface area contributed by atoms with Crippen molar-refractivity contribution < 1.29 is 8.83 Å². The van der Waals surface area contributed by atoms with Gasteiger partial charge in [-0.25, -0.2) is 15.0 Å². The number of nitrogens with zero attached hydrogens (tertiary/aromatic N) is 3. The highest BCUT2D eigenvalue weighted by Gasteiger charge is 2.22. The lowest BCUT2D eigenvalue weighted by molar-refractivity contribution is 0.669. The predicted molar refractivity (Wildman–Crippen MR) is 228 cm³/mol. The van der Waals surface area contributed by atoms with Crippen molar-refractivity contribution in [1.82, 2.24) is 15.0 Å². The van der Waals surface area contributed by atoms with Gasteiger partial charge in [0.1, 0.15) is 22.3 Å². The number of furan rings is 2. The molecule has 0 aliphatic rings. The van der Waals surface area contributed by atoms with Gasteiger partial charge in [-0.3, -0.25) is 0 Å². The number of para-hydroxylation sites is 1. The van der Waals surface area contributed by atoms with E-state index in [0.717, 1.165) is 72.0 Å². The minimum atomic E-state index is 0.619. The lowest BCUT2D eigenvalue weighted by Gasteiger charge is -2.14. The fourth-order valence-electron chi connectivity index (χ4n) is 8.61. The molecule has 0 radical (unpaired) electrons. The summed E-state index contributed by atoms with van der Waals surface area (Å²) in [4.78, 5) is 14.8. The molecule has 0 amide bonds. The molecule has 3 heterocycles. The first-order valence-corrected chi connectivity index (χ1v) is 18.8. The van der Waals surface area contributed by atoms with Crippen LogP contribution in [0.15, 0.2) is 185 Å². The maximum absolute atomic E-state index is 6.79. The van der Waals surface area contributed by atoms with E-state index in [1.54, 1.807) is 0 Å². The molecular weight excluding hydrogens is 687 g/mol. The van der Waals surface area contributed by atoms with Crippen molar-refractivity contribution >= 4 is 65.4 Å². The second kappa shape index (κ2) is 11.9. The van der Waals surface area contributed by atoms with Crippen LogP contribution >= 0.6 is 0 Å². The number of benzene rings is 9. The third-order valence-corrected chi connectivity index (χ3v) is 11.1. The van der Waals surface area contributed by atoms with Crippen molar-refractivity contribution in [3.05, 3.63) is 176 Å². The second-order valence-electron chi connectivity index (χ2n) is 14.3. The van der Waals surface area contributed by atoms with E-state index in [1.807, 2.05) is 66.7 Å². The summed E-state index contributed by atoms with van der Waals surface area (Å²) < 4.78 is 13.2. The van der Waals surface area contributed by atoms with Crippen LogP contribution in [0.5, 0.6) is 0 Å². The van der Waals surface area contributed by atoms with E-state index in [0.29, 0.717) is 17.5 Å². The zero-order chi connectivity index (χ0) is 36.7. The van der Waals surface area contributed by atoms with Crippen molar-refractivity contribution in [2.75, 3.05) is 0 Å². The van der Waals surface area contributed by atoms with Gasteiger partial charge in [0.15, 0.2) is 17.5 Å². The maximum atomic E-state index is 6.79. The Morgan fingerprint density at radius 3 is 1.41 bits per heavy atom. The van der Waals surface area contributed by atoms with Crippen LogP contribution in [0.2, 0.25) is 0 Å². The van der Waals surface area contributed by atoms with Crippen molar-refractivity contribution in [3.63, 3.8) is 0 Å². The Labute approximate surface area is 320 Å². The molecule has 0 spiro atoms. The Morgan fingerprint density at radius 2 is 0.732 bits per heavy atom. The van der Waals surface area contributed by atoms with Gasteiger partial charge >= 0.3 is 0 Å². The summed E-state index contributed by atoms with van der Waals surface area (Å²) in [5.41, 5.74) is 10.7. The topological polar surface area (TPSA) is 65.0 Å². The lowest BCUT2D eigenvalue weighted by atomic mass is 9.87. The first-order valence-electron chi connectivity index (χ1n) is 18.8. The van der Waals surface area contributed by atoms with E-state index in [-0.39, 0.29) is 0 Å². The van der Waals surface area contributed by atoms with Gasteiger partial charge in [-0.05, 0) is 62.5 Å². The van der Waals surface area contributed by atoms with Gasteiger partial charge in [-0.1, -0.05) is 152 Å². The van der Waals surface area contributed by atoms with E-state index in [9.17, 15) is 0 Å². The Hall–Kier alpha value is -7.63. The molecule has 0 N–H and O–H groups in total. The third kappa shape index (κ3) is 4.58. The Balaban J connectivity index is 1.04. The molecule has 3 aromatic heterocycles. The summed E-state index contributed by atoms with van der Waals surface area (Å²) in [7, 11) is 0. The lowest BCUT2D eigenvalue weighted by Crippen LogP contribution is -2.00. The van der Waals surface area contributed by atoms with E-state index in [1.165, 1.54) is 32.3 Å². The average molecular weight is 716 g/mol. The molecule has 5 heteroatoms. The highest BCUT2D eigenvalue weighted by Crippen LogP contribution is 2.48. The fourth-order valence-corrected chi connectivity index (χ4v) is 8.61. The summed E-state index contributed by atoms with van der Waals surface area (Å²) in [6.45, 7) is 0. The second-order valence-corrected chi connectivity index (χ2v) is 14.3. The van der Waals surface area contributed by atoms with Crippen molar-refractivity contribution in [1.29, 1.82) is 0 Å². The molecular formula is C51H29N3O2. The van der Waals surface area contributed by atoms with E-state index in [4.69, 9.17) is 23.8 Å². The molecule has 260 valence electrons. The monoisotopic (exact) mass is 715 g/mol. The third-order valence-electron chi connectivity index (χ3n) is 11.1. The normalized spacial score (nSPS) is 11.9. The summed E-state index contributed by atoms with van der Waals surface area (Å²) in [5.74, 6) is 1.89. The fraction of sp³-hybridized carbons (Fsp3) is 0. The standard InChI is InChI=1S/C51H29N3O2/c1-3-12-31(13-4-1)49-52-50(32-14-5-2-6-15-32)54-51(53-49)33-26-24-30(25-27-33)34-28-29-38(45-39-16-7-8-21-41(39)56-48(34)45)36-18-9-17-35-37-19-10-22-42-46(37)47-40(44(35)36)20-11-23-43(47)55-42/h1-29H. The van der Waals surface area contributed by atoms with E-state index >= 15 is 0 Å². The molecule has 5 nitrogen and oxygen atoms in total. The maximum Gasteiger partial charge on any atom is 0.164 e. The highest BCUT2D eigenvalue weighted by atomic mass is 16.3. The van der Waals surface area contributed by atoms with E-state index < -0.39 is 0 Å². The summed E-state index contributed by atoms with van der Waals surface area (Å²) >= 11 is 0. The Morgan fingerprint density at radius 1 is 0.268 bits per heavy atom. The zero-order valence-electron chi connectivity index (χ0n) is 29.9. The number of fused-ring (bicyclic) bond motifs is 6. The molecule has 0 bridgehead atoms. The molecule has 12 rings (SSSR count). The summed E-state index contributed by atoms with van der Waals surface area (Å²) in [6.07, 6.45) is 0. The van der Waals surface area contributed by atoms with Gasteiger partial charge < -0.3 is 8.83 Å². The van der Waals surface area contributed by atoms with E-state index in [2.05, 4.69) is 109 Å². The van der Waals surface area contributed by atoms with Gasteiger partial charge in [-0.2, -0.15) is 0 Å². The molecule has 0 aliphatic carbocycles. The minimum absolute atomic E-state index is 0.619. The van der Waals surface area contributed by atoms with Crippen LogP contribution in [-0.2, 0) is 0 Å². The number of hydrogen-bond acceptors (Lipinski definition) is 5. The van der Waals surface area contributed by atoms with Crippen molar-refractivity contribution in [2.45, 2.75) is 0 Å². The molecule has 0 atom stereocenters. The summed E-state index contributed by atoms with van der Waals surface area (Å²) in [5, 5.41) is 9.35. The van der Waals surface area contributed by atoms with Gasteiger partial charge in [0.2, 0.25) is 0 Å². The van der Waals surface area contributed by atoms with Gasteiger partial charge in [0.05, 0.1) is 0 Å². The molecule has 0 aliphatic heterocycles. The van der Waals surface area contributed by atoms with Crippen molar-refractivity contribution in [2.24, 2.45) is 0 Å². The molecule has 0 fully saturated rings. The zero-order valence-corrected chi connectivity index (χ0v) is 29.9. The molecule has 0 unspecified atom stereocenters. The van der Waals surface area contributed by atoms with Crippen LogP contribution < -0.4 is 0 Å². The number of hydrogen-bond donors (Lipinski definition) is 0. The molecule has 9 aromatic carbocycles. The Bertz CT molecular complexity index is 3400. The Kier molecular flexibility index (Phi) is 6.56. The smallest absolute Gasteiger partial charge is 0.164 e. The first kappa shape index (κ1) is 30.8. The SMILES string of the molecule is c1ccc(-c2nc(-c3ccccc3)nc(-c3ccc(-c4ccc(-c5cccc6c7cccc8oc9cccc(c56)c9c87)c5c4oc4ccccc45)cc3)n2)cc1. The highest BCUT2D eigenvalue weighted by molar-refractivity contribution is 6.35. The molecule has 56 heavy (non-hydrogen) atoms. The molecule has 0 saturated heterocycles. The van der Waals surface area contributed by atoms with Crippen LogP contribution in [0.4, 0.5) is 0 Å². The van der Waals surface area contributed by atoms with Gasteiger partial charge in [0, 0.05) is 43.8 Å². The van der Waals surface area contributed by atoms with Crippen LogP contribution in [-0.4, -0.2) is 15.0 Å². The van der Waals surface area contributed by atoms with Crippen LogP contribution in [0.25, 0.3) is 122 Å². The predicted octanol–water partition coefficient (Wildman–Crippen LogP) is 13.7. The first-order chi connectivity index (χ1) is 27.8. The van der Waals surface area contributed by atoms with Crippen LogP contribution in [0.1, 0.15) is 0 Å². The van der Waals surface area contributed by atoms with Gasteiger partial charge in [0.25, 0.3) is 0 Å². The molecule has 12 aromatic rings. The quantitative estimate of drug-likeness (QED) is 0.166.